The Balaban J connectivity index is 2.31. The van der Waals surface area contributed by atoms with Gasteiger partial charge in [-0.1, -0.05) is 32.4 Å². The van der Waals surface area contributed by atoms with Crippen LogP contribution in [0.2, 0.25) is 0 Å². The van der Waals surface area contributed by atoms with Gasteiger partial charge in [0.1, 0.15) is 0 Å². The molecule has 2 N–H and O–H groups in total. The number of aliphatic hydroxyl groups is 1. The number of benzene rings is 1. The first-order valence-corrected chi connectivity index (χ1v) is 6.30. The minimum Gasteiger partial charge on any atom is -0.388 e. The summed E-state index contributed by atoms with van der Waals surface area (Å²) in [6.07, 6.45) is 2.09. The van der Waals surface area contributed by atoms with Crippen LogP contribution in [0.5, 0.6) is 0 Å². The van der Waals surface area contributed by atoms with Crippen molar-refractivity contribution in [1.82, 2.24) is 0 Å². The molecule has 92 valence electrons. The summed E-state index contributed by atoms with van der Waals surface area (Å²) in [4.78, 5) is 11.7. The maximum atomic E-state index is 11.7. The van der Waals surface area contributed by atoms with E-state index in [1.54, 1.807) is 0 Å². The van der Waals surface area contributed by atoms with Crippen molar-refractivity contribution in [3.8, 4) is 0 Å². The molecule has 0 radical (unpaired) electrons. The number of rotatable bonds is 4. The summed E-state index contributed by atoms with van der Waals surface area (Å²) >= 11 is 0. The molecule has 0 aromatic heterocycles. The number of carbonyl (C=O) groups is 1. The molecule has 1 aromatic rings. The summed E-state index contributed by atoms with van der Waals surface area (Å²) in [6.45, 7) is 4.06. The van der Waals surface area contributed by atoms with Crippen molar-refractivity contribution < 1.29 is 9.90 Å². The van der Waals surface area contributed by atoms with E-state index in [1.165, 1.54) is 0 Å². The molecule has 0 saturated heterocycles. The van der Waals surface area contributed by atoms with Crippen molar-refractivity contribution in [2.75, 3.05) is 5.32 Å². The van der Waals surface area contributed by atoms with Crippen LogP contribution in [-0.4, -0.2) is 11.0 Å². The third kappa shape index (κ3) is 2.20. The summed E-state index contributed by atoms with van der Waals surface area (Å²) in [7, 11) is 0. The largest absolute Gasteiger partial charge is 0.388 e. The van der Waals surface area contributed by atoms with Crippen molar-refractivity contribution >= 4 is 11.6 Å². The Hall–Kier alpha value is -1.35. The summed E-state index contributed by atoms with van der Waals surface area (Å²) in [6, 6.07) is 5.77. The van der Waals surface area contributed by atoms with E-state index in [2.05, 4.69) is 12.2 Å². The quantitative estimate of drug-likeness (QED) is 0.840. The van der Waals surface area contributed by atoms with E-state index in [4.69, 9.17) is 0 Å². The van der Waals surface area contributed by atoms with E-state index < -0.39 is 6.10 Å². The number of fused-ring (bicyclic) bond motifs is 1. The molecule has 2 rings (SSSR count). The van der Waals surface area contributed by atoms with Gasteiger partial charge in [-0.3, -0.25) is 4.79 Å². The molecular formula is C14H19NO2. The Morgan fingerprint density at radius 2 is 2.18 bits per heavy atom. The molecule has 17 heavy (non-hydrogen) atoms. The molecular weight excluding hydrogens is 214 g/mol. The van der Waals surface area contributed by atoms with E-state index >= 15 is 0 Å². The minimum atomic E-state index is -0.418. The number of nitrogens with one attached hydrogen (secondary N) is 1. The Kier molecular flexibility index (Phi) is 3.48. The van der Waals surface area contributed by atoms with Crippen molar-refractivity contribution in [3.63, 3.8) is 0 Å². The predicted octanol–water partition coefficient (Wildman–Crippen LogP) is 2.97. The molecule has 0 saturated carbocycles. The van der Waals surface area contributed by atoms with Crippen LogP contribution in [0.25, 0.3) is 0 Å². The SMILES string of the molecule is CCCC(O)c1ccc2c(c1)C(CC)C(=O)N2. The van der Waals surface area contributed by atoms with Crippen LogP contribution in [0.3, 0.4) is 0 Å². The van der Waals surface area contributed by atoms with Gasteiger partial charge >= 0.3 is 0 Å². The van der Waals surface area contributed by atoms with Gasteiger partial charge in [-0.2, -0.15) is 0 Å². The smallest absolute Gasteiger partial charge is 0.231 e. The molecule has 2 atom stereocenters. The number of hydrogen-bond acceptors (Lipinski definition) is 2. The predicted molar refractivity (Wildman–Crippen MR) is 68.0 cm³/mol. The molecule has 1 aliphatic heterocycles. The zero-order valence-corrected chi connectivity index (χ0v) is 10.4. The van der Waals surface area contributed by atoms with Gasteiger partial charge in [-0.15, -0.1) is 0 Å². The fourth-order valence-electron chi connectivity index (χ4n) is 2.40. The van der Waals surface area contributed by atoms with Gasteiger partial charge in [0.05, 0.1) is 12.0 Å². The van der Waals surface area contributed by atoms with Crippen LogP contribution in [0.1, 0.15) is 56.3 Å². The molecule has 0 bridgehead atoms. The Labute approximate surface area is 102 Å². The van der Waals surface area contributed by atoms with Crippen LogP contribution in [0.15, 0.2) is 18.2 Å². The van der Waals surface area contributed by atoms with Crippen LogP contribution in [0, 0.1) is 0 Å². The molecule has 3 nitrogen and oxygen atoms in total. The monoisotopic (exact) mass is 233 g/mol. The Morgan fingerprint density at radius 3 is 2.82 bits per heavy atom. The molecule has 2 unspecified atom stereocenters. The highest BCUT2D eigenvalue weighted by Crippen LogP contribution is 2.36. The summed E-state index contributed by atoms with van der Waals surface area (Å²) in [5.74, 6) is 0.0170. The molecule has 3 heteroatoms. The first-order valence-electron chi connectivity index (χ1n) is 6.30. The molecule has 0 spiro atoms. The lowest BCUT2D eigenvalue weighted by Crippen LogP contribution is -2.10. The van der Waals surface area contributed by atoms with Crippen LogP contribution < -0.4 is 5.32 Å². The maximum absolute atomic E-state index is 11.7. The Bertz CT molecular complexity index is 428. The molecule has 0 aliphatic carbocycles. The molecule has 1 heterocycles. The third-order valence-electron chi connectivity index (χ3n) is 3.38. The lowest BCUT2D eigenvalue weighted by Gasteiger charge is -2.12. The van der Waals surface area contributed by atoms with E-state index in [9.17, 15) is 9.90 Å². The standard InChI is InChI=1S/C14H19NO2/c1-3-5-13(16)9-6-7-12-11(8-9)10(4-2)14(17)15-12/h6-8,10,13,16H,3-5H2,1-2H3,(H,15,17). The first-order chi connectivity index (χ1) is 8.17. The lowest BCUT2D eigenvalue weighted by atomic mass is 9.94. The van der Waals surface area contributed by atoms with E-state index in [0.29, 0.717) is 0 Å². The fourth-order valence-corrected chi connectivity index (χ4v) is 2.40. The zero-order chi connectivity index (χ0) is 12.4. The third-order valence-corrected chi connectivity index (χ3v) is 3.38. The van der Waals surface area contributed by atoms with Crippen molar-refractivity contribution in [2.45, 2.75) is 45.1 Å². The van der Waals surface area contributed by atoms with Gasteiger partial charge in [0.2, 0.25) is 5.91 Å². The van der Waals surface area contributed by atoms with E-state index in [0.717, 1.165) is 36.1 Å². The van der Waals surface area contributed by atoms with Crippen LogP contribution in [0.4, 0.5) is 5.69 Å². The second-order valence-electron chi connectivity index (χ2n) is 4.60. The number of hydrogen-bond donors (Lipinski definition) is 2. The van der Waals surface area contributed by atoms with Crippen molar-refractivity contribution in [3.05, 3.63) is 29.3 Å². The minimum absolute atomic E-state index is 0.0567. The van der Waals surface area contributed by atoms with Crippen molar-refractivity contribution in [1.29, 1.82) is 0 Å². The normalized spacial score (nSPS) is 19.9. The summed E-state index contributed by atoms with van der Waals surface area (Å²) in [5, 5.41) is 12.8. The second-order valence-corrected chi connectivity index (χ2v) is 4.60. The number of anilines is 1. The highest BCUT2D eigenvalue weighted by atomic mass is 16.3. The Morgan fingerprint density at radius 1 is 1.41 bits per heavy atom. The van der Waals surface area contributed by atoms with Gasteiger partial charge in [0.25, 0.3) is 0 Å². The number of aliphatic hydroxyl groups excluding tert-OH is 1. The summed E-state index contributed by atoms with van der Waals surface area (Å²) in [5.41, 5.74) is 2.85. The van der Waals surface area contributed by atoms with Crippen LogP contribution in [-0.2, 0) is 4.79 Å². The average Bonchev–Trinajstić information content (AvgIpc) is 2.63. The van der Waals surface area contributed by atoms with Gasteiger partial charge in [0.15, 0.2) is 0 Å². The van der Waals surface area contributed by atoms with E-state index in [-0.39, 0.29) is 11.8 Å². The van der Waals surface area contributed by atoms with Crippen molar-refractivity contribution in [2.24, 2.45) is 0 Å². The molecule has 0 fully saturated rings. The van der Waals surface area contributed by atoms with Gasteiger partial charge in [-0.25, -0.2) is 0 Å². The molecule has 1 aromatic carbocycles. The van der Waals surface area contributed by atoms with Crippen LogP contribution >= 0.6 is 0 Å². The average molecular weight is 233 g/mol. The van der Waals surface area contributed by atoms with Gasteiger partial charge in [0, 0.05) is 5.69 Å². The lowest BCUT2D eigenvalue weighted by molar-refractivity contribution is -0.117. The van der Waals surface area contributed by atoms with Gasteiger partial charge in [-0.05, 0) is 30.0 Å². The second kappa shape index (κ2) is 4.88. The summed E-state index contributed by atoms with van der Waals surface area (Å²) < 4.78 is 0. The van der Waals surface area contributed by atoms with Gasteiger partial charge < -0.3 is 10.4 Å². The van der Waals surface area contributed by atoms with E-state index in [1.807, 2.05) is 25.1 Å². The number of carbonyl (C=O) groups excluding carboxylic acids is 1. The zero-order valence-electron chi connectivity index (χ0n) is 10.4. The maximum Gasteiger partial charge on any atom is 0.231 e. The highest BCUT2D eigenvalue weighted by Gasteiger charge is 2.29. The molecule has 1 amide bonds. The number of amides is 1. The topological polar surface area (TPSA) is 49.3 Å². The molecule has 1 aliphatic rings. The fraction of sp³-hybridized carbons (Fsp3) is 0.500. The first kappa shape index (κ1) is 12.1. The highest BCUT2D eigenvalue weighted by molar-refractivity contribution is 6.02.